The Morgan fingerprint density at radius 1 is 1.12 bits per heavy atom. The molecule has 1 saturated heterocycles. The zero-order valence-corrected chi connectivity index (χ0v) is 9.09. The lowest BCUT2D eigenvalue weighted by Crippen LogP contribution is -2.22. The van der Waals surface area contributed by atoms with Crippen molar-refractivity contribution in [3.05, 3.63) is 29.8 Å². The molecule has 92 valence electrons. The molecule has 1 aromatic carbocycles. The highest BCUT2D eigenvalue weighted by atomic mass is 19.4. The van der Waals surface area contributed by atoms with Gasteiger partial charge in [-0.15, -0.1) is 0 Å². The molecule has 5 heteroatoms. The van der Waals surface area contributed by atoms with E-state index in [1.54, 1.807) is 6.07 Å². The number of anilines is 1. The van der Waals surface area contributed by atoms with E-state index >= 15 is 0 Å². The van der Waals surface area contributed by atoms with Crippen molar-refractivity contribution in [1.29, 1.82) is 0 Å². The smallest absolute Gasteiger partial charge is 0.381 e. The average Bonchev–Trinajstić information content (AvgIpc) is 2.74. The van der Waals surface area contributed by atoms with Gasteiger partial charge in [0.25, 0.3) is 0 Å². The van der Waals surface area contributed by atoms with Gasteiger partial charge < -0.3 is 10.6 Å². The van der Waals surface area contributed by atoms with E-state index in [2.05, 4.69) is 10.6 Å². The molecule has 2 fully saturated rings. The SMILES string of the molecule is FC(F)(F)c1ccccc1NC1C2CNCC21. The van der Waals surface area contributed by atoms with E-state index < -0.39 is 11.7 Å². The Hall–Kier alpha value is -1.23. The summed E-state index contributed by atoms with van der Waals surface area (Å²) in [5.41, 5.74) is -0.364. The molecule has 1 aromatic rings. The van der Waals surface area contributed by atoms with Gasteiger partial charge in [-0.1, -0.05) is 12.1 Å². The first-order valence-corrected chi connectivity index (χ1v) is 5.71. The molecule has 2 nitrogen and oxygen atoms in total. The molecule has 17 heavy (non-hydrogen) atoms. The average molecular weight is 242 g/mol. The molecular formula is C12H13F3N2. The van der Waals surface area contributed by atoms with Crippen molar-refractivity contribution in [3.8, 4) is 0 Å². The quantitative estimate of drug-likeness (QED) is 0.831. The van der Waals surface area contributed by atoms with Crippen LogP contribution in [-0.4, -0.2) is 19.1 Å². The molecular weight excluding hydrogens is 229 g/mol. The van der Waals surface area contributed by atoms with E-state index in [-0.39, 0.29) is 11.7 Å². The van der Waals surface area contributed by atoms with Crippen molar-refractivity contribution in [2.24, 2.45) is 11.8 Å². The summed E-state index contributed by atoms with van der Waals surface area (Å²) in [4.78, 5) is 0. The topological polar surface area (TPSA) is 24.1 Å². The van der Waals surface area contributed by atoms with Crippen molar-refractivity contribution in [3.63, 3.8) is 0 Å². The lowest BCUT2D eigenvalue weighted by atomic mass is 10.1. The van der Waals surface area contributed by atoms with Gasteiger partial charge in [0, 0.05) is 24.8 Å². The number of para-hydroxylation sites is 1. The van der Waals surface area contributed by atoms with Crippen LogP contribution < -0.4 is 10.6 Å². The van der Waals surface area contributed by atoms with Crippen LogP contribution in [0.1, 0.15) is 5.56 Å². The van der Waals surface area contributed by atoms with Crippen LogP contribution in [0.4, 0.5) is 18.9 Å². The number of alkyl halides is 3. The van der Waals surface area contributed by atoms with Gasteiger partial charge in [0.2, 0.25) is 0 Å². The van der Waals surface area contributed by atoms with Crippen molar-refractivity contribution < 1.29 is 13.2 Å². The minimum absolute atomic E-state index is 0.208. The van der Waals surface area contributed by atoms with Gasteiger partial charge in [0.15, 0.2) is 0 Å². The van der Waals surface area contributed by atoms with Crippen molar-refractivity contribution in [2.75, 3.05) is 18.4 Å². The molecule has 2 unspecified atom stereocenters. The van der Waals surface area contributed by atoms with Crippen LogP contribution in [0.25, 0.3) is 0 Å². The molecule has 2 atom stereocenters. The lowest BCUT2D eigenvalue weighted by molar-refractivity contribution is -0.136. The predicted molar refractivity (Wildman–Crippen MR) is 58.7 cm³/mol. The van der Waals surface area contributed by atoms with Gasteiger partial charge in [-0.05, 0) is 24.0 Å². The highest BCUT2D eigenvalue weighted by Gasteiger charge is 2.53. The summed E-state index contributed by atoms with van der Waals surface area (Å²) >= 11 is 0. The van der Waals surface area contributed by atoms with Gasteiger partial charge in [-0.3, -0.25) is 0 Å². The second kappa shape index (κ2) is 3.63. The third kappa shape index (κ3) is 1.88. The number of hydrogen-bond donors (Lipinski definition) is 2. The summed E-state index contributed by atoms with van der Waals surface area (Å²) in [6.07, 6.45) is -4.29. The van der Waals surface area contributed by atoms with Crippen molar-refractivity contribution >= 4 is 5.69 Å². The Morgan fingerprint density at radius 3 is 2.41 bits per heavy atom. The third-order valence-corrected chi connectivity index (χ3v) is 3.65. The Bertz CT molecular complexity index is 420. The first-order valence-electron chi connectivity index (χ1n) is 5.71. The molecule has 0 bridgehead atoms. The van der Waals surface area contributed by atoms with Crippen molar-refractivity contribution in [2.45, 2.75) is 12.2 Å². The predicted octanol–water partition coefficient (Wildman–Crippen LogP) is 2.34. The molecule has 2 aliphatic rings. The fourth-order valence-corrected chi connectivity index (χ4v) is 2.67. The Kier molecular flexibility index (Phi) is 2.33. The maximum Gasteiger partial charge on any atom is 0.418 e. The second-order valence-electron chi connectivity index (χ2n) is 4.70. The second-order valence-corrected chi connectivity index (χ2v) is 4.70. The molecule has 0 radical (unpaired) electrons. The number of piperidine rings is 1. The van der Waals surface area contributed by atoms with Crippen molar-refractivity contribution in [1.82, 2.24) is 5.32 Å². The van der Waals surface area contributed by atoms with E-state index in [0.29, 0.717) is 11.8 Å². The molecule has 0 amide bonds. The zero-order valence-electron chi connectivity index (χ0n) is 9.09. The van der Waals surface area contributed by atoms with Crippen LogP contribution in [0, 0.1) is 11.8 Å². The summed E-state index contributed by atoms with van der Waals surface area (Å²) in [6, 6.07) is 5.89. The Morgan fingerprint density at radius 2 is 1.76 bits per heavy atom. The van der Waals surface area contributed by atoms with Gasteiger partial charge in [0.05, 0.1) is 5.56 Å². The number of halogens is 3. The van der Waals surface area contributed by atoms with E-state index in [0.717, 1.165) is 19.2 Å². The monoisotopic (exact) mass is 242 g/mol. The Balaban J connectivity index is 1.79. The summed E-state index contributed by atoms with van der Waals surface area (Å²) < 4.78 is 38.3. The van der Waals surface area contributed by atoms with Crippen LogP contribution in [0.3, 0.4) is 0 Å². The van der Waals surface area contributed by atoms with E-state index in [9.17, 15) is 13.2 Å². The molecule has 1 saturated carbocycles. The normalized spacial score (nSPS) is 31.1. The van der Waals surface area contributed by atoms with Crippen LogP contribution in [0.15, 0.2) is 24.3 Å². The van der Waals surface area contributed by atoms with Crippen LogP contribution in [0.5, 0.6) is 0 Å². The highest BCUT2D eigenvalue weighted by Crippen LogP contribution is 2.45. The molecule has 2 N–H and O–H groups in total. The van der Waals surface area contributed by atoms with Gasteiger partial charge in [-0.25, -0.2) is 0 Å². The highest BCUT2D eigenvalue weighted by molar-refractivity contribution is 5.54. The molecule has 0 spiro atoms. The molecule has 3 rings (SSSR count). The molecule has 1 aliphatic carbocycles. The third-order valence-electron chi connectivity index (χ3n) is 3.65. The van der Waals surface area contributed by atoms with Gasteiger partial charge in [0.1, 0.15) is 0 Å². The van der Waals surface area contributed by atoms with Crippen LogP contribution in [0.2, 0.25) is 0 Å². The number of fused-ring (bicyclic) bond motifs is 1. The zero-order chi connectivity index (χ0) is 12.0. The summed E-state index contributed by atoms with van der Waals surface area (Å²) in [6.45, 7) is 1.83. The fourth-order valence-electron chi connectivity index (χ4n) is 2.67. The number of nitrogens with one attached hydrogen (secondary N) is 2. The fraction of sp³-hybridized carbons (Fsp3) is 0.500. The number of hydrogen-bond acceptors (Lipinski definition) is 2. The maximum absolute atomic E-state index is 12.8. The van der Waals surface area contributed by atoms with Crippen LogP contribution in [-0.2, 0) is 6.18 Å². The van der Waals surface area contributed by atoms with Gasteiger partial charge in [-0.2, -0.15) is 13.2 Å². The standard InChI is InChI=1S/C12H13F3N2/c13-12(14,15)9-3-1-2-4-10(9)17-11-7-5-16-6-8(7)11/h1-4,7-8,11,16-17H,5-6H2. The minimum atomic E-state index is -4.29. The molecule has 1 aliphatic heterocycles. The Labute approximate surface area is 97.2 Å². The lowest BCUT2D eigenvalue weighted by Gasteiger charge is -2.15. The largest absolute Gasteiger partial charge is 0.418 e. The number of benzene rings is 1. The molecule has 1 heterocycles. The van der Waals surface area contributed by atoms with E-state index in [4.69, 9.17) is 0 Å². The van der Waals surface area contributed by atoms with E-state index in [1.165, 1.54) is 12.1 Å². The maximum atomic E-state index is 12.8. The first kappa shape index (κ1) is 10.9. The van der Waals surface area contributed by atoms with E-state index in [1.807, 2.05) is 0 Å². The summed E-state index contributed by atoms with van der Waals surface area (Å²) in [5.74, 6) is 0.993. The van der Waals surface area contributed by atoms with Gasteiger partial charge >= 0.3 is 6.18 Å². The molecule has 0 aromatic heterocycles. The minimum Gasteiger partial charge on any atom is -0.381 e. The van der Waals surface area contributed by atoms with Crippen LogP contribution >= 0.6 is 0 Å². The summed E-state index contributed by atoms with van der Waals surface area (Å²) in [7, 11) is 0. The first-order chi connectivity index (χ1) is 8.07. The number of rotatable bonds is 2. The summed E-state index contributed by atoms with van der Waals surface area (Å²) in [5, 5.41) is 6.25.